The lowest BCUT2D eigenvalue weighted by Crippen LogP contribution is -2.47. The molecule has 1 fully saturated rings. The van der Waals surface area contributed by atoms with E-state index in [-0.39, 0.29) is 5.75 Å². The summed E-state index contributed by atoms with van der Waals surface area (Å²) in [6, 6.07) is -1.33. The monoisotopic (exact) mass is 282 g/mol. The molecule has 0 aromatic heterocycles. The number of carbonyl (C=O) groups is 2. The maximum absolute atomic E-state index is 12.0. The van der Waals surface area contributed by atoms with Crippen molar-refractivity contribution in [1.29, 1.82) is 5.26 Å². The summed E-state index contributed by atoms with van der Waals surface area (Å²) in [5.41, 5.74) is 0. The average molecular weight is 282 g/mol. The standard InChI is InChI=1S/C9H9F3N2O3S/c1-4-5(2-18-3-13)17-7(15)6(4)14-8(16)9(10,11)12/h4-6H,2H2,1H3,(H,14,16)/t4-,5-,6+/m0/s1. The van der Waals surface area contributed by atoms with Crippen LogP contribution in [0, 0.1) is 16.6 Å². The molecule has 3 atom stereocenters. The van der Waals surface area contributed by atoms with Crippen LogP contribution >= 0.6 is 11.8 Å². The Bertz CT molecular complexity index is 393. The minimum atomic E-state index is -5.04. The summed E-state index contributed by atoms with van der Waals surface area (Å²) >= 11 is 0.831. The number of amides is 1. The lowest BCUT2D eigenvalue weighted by molar-refractivity contribution is -0.175. The van der Waals surface area contributed by atoms with E-state index in [1.54, 1.807) is 10.7 Å². The van der Waals surface area contributed by atoms with Crippen molar-refractivity contribution in [2.45, 2.75) is 25.2 Å². The maximum atomic E-state index is 12.0. The van der Waals surface area contributed by atoms with Gasteiger partial charge >= 0.3 is 18.1 Å². The Morgan fingerprint density at radius 1 is 1.61 bits per heavy atom. The number of halogens is 3. The zero-order valence-corrected chi connectivity index (χ0v) is 9.97. The van der Waals surface area contributed by atoms with E-state index >= 15 is 0 Å². The third-order valence-electron chi connectivity index (χ3n) is 2.49. The predicted molar refractivity (Wildman–Crippen MR) is 55.1 cm³/mol. The summed E-state index contributed by atoms with van der Waals surface area (Å²) in [7, 11) is 0. The molecule has 1 saturated heterocycles. The van der Waals surface area contributed by atoms with E-state index in [9.17, 15) is 22.8 Å². The normalized spacial score (nSPS) is 27.5. The van der Waals surface area contributed by atoms with Crippen molar-refractivity contribution in [3.8, 4) is 5.40 Å². The molecule has 1 rings (SSSR count). The zero-order chi connectivity index (χ0) is 13.9. The molecule has 0 aliphatic carbocycles. The van der Waals surface area contributed by atoms with Gasteiger partial charge in [0.15, 0.2) is 0 Å². The molecule has 0 aromatic rings. The second-order valence-electron chi connectivity index (χ2n) is 3.69. The van der Waals surface area contributed by atoms with Crippen LogP contribution in [0.15, 0.2) is 0 Å². The SMILES string of the molecule is C[C@H]1[C@H](CSC#N)OC(=O)[C@@H]1NC(=O)C(F)(F)F. The number of cyclic esters (lactones) is 1. The van der Waals surface area contributed by atoms with Gasteiger partial charge in [0.05, 0.1) is 0 Å². The highest BCUT2D eigenvalue weighted by Gasteiger charge is 2.47. The molecule has 5 nitrogen and oxygen atoms in total. The molecule has 1 aliphatic rings. The van der Waals surface area contributed by atoms with Crippen molar-refractivity contribution >= 4 is 23.6 Å². The quantitative estimate of drug-likeness (QED) is 0.612. The molecule has 0 spiro atoms. The first-order valence-electron chi connectivity index (χ1n) is 4.86. The Labute approximate surface area is 105 Å². The van der Waals surface area contributed by atoms with Gasteiger partial charge in [0.1, 0.15) is 17.5 Å². The smallest absolute Gasteiger partial charge is 0.460 e. The Balaban J connectivity index is 2.65. The highest BCUT2D eigenvalue weighted by atomic mass is 32.2. The number of ether oxygens (including phenoxy) is 1. The first-order chi connectivity index (χ1) is 8.27. The van der Waals surface area contributed by atoms with Gasteiger partial charge in [0.2, 0.25) is 0 Å². The maximum Gasteiger partial charge on any atom is 0.471 e. The van der Waals surface area contributed by atoms with Crippen LogP contribution < -0.4 is 5.32 Å². The van der Waals surface area contributed by atoms with Gasteiger partial charge in [-0.1, -0.05) is 6.92 Å². The number of esters is 1. The number of thioether (sulfide) groups is 1. The molecule has 0 radical (unpaired) electrons. The summed E-state index contributed by atoms with van der Waals surface area (Å²) in [4.78, 5) is 22.1. The Morgan fingerprint density at radius 2 is 2.22 bits per heavy atom. The summed E-state index contributed by atoms with van der Waals surface area (Å²) < 4.78 is 40.9. The number of nitrogens with one attached hydrogen (secondary N) is 1. The van der Waals surface area contributed by atoms with Crippen LogP contribution in [0.1, 0.15) is 6.92 Å². The van der Waals surface area contributed by atoms with Crippen molar-refractivity contribution in [3.05, 3.63) is 0 Å². The number of carbonyl (C=O) groups excluding carboxylic acids is 2. The molecule has 0 bridgehead atoms. The van der Waals surface area contributed by atoms with Crippen LogP contribution in [0.3, 0.4) is 0 Å². The number of thiocyanates is 1. The second kappa shape index (κ2) is 5.48. The molecule has 1 N–H and O–H groups in total. The van der Waals surface area contributed by atoms with Gasteiger partial charge < -0.3 is 10.1 Å². The first kappa shape index (κ1) is 14.6. The number of alkyl halides is 3. The topological polar surface area (TPSA) is 79.2 Å². The van der Waals surface area contributed by atoms with Crippen molar-refractivity contribution in [2.75, 3.05) is 5.75 Å². The molecule has 1 aliphatic heterocycles. The van der Waals surface area contributed by atoms with E-state index in [0.29, 0.717) is 0 Å². The summed E-state index contributed by atoms with van der Waals surface area (Å²) in [6.07, 6.45) is -5.72. The molecule has 1 amide bonds. The molecule has 0 unspecified atom stereocenters. The fourth-order valence-electron chi connectivity index (χ4n) is 1.48. The number of hydrogen-bond donors (Lipinski definition) is 1. The van der Waals surface area contributed by atoms with Crippen LogP contribution in [0.25, 0.3) is 0 Å². The third kappa shape index (κ3) is 3.29. The van der Waals surface area contributed by atoms with Gasteiger partial charge in [-0.2, -0.15) is 18.4 Å². The fourth-order valence-corrected chi connectivity index (χ4v) is 2.09. The fraction of sp³-hybridized carbons (Fsp3) is 0.667. The summed E-state index contributed by atoms with van der Waals surface area (Å²) in [5, 5.41) is 11.7. The van der Waals surface area contributed by atoms with E-state index < -0.39 is 36.1 Å². The molecule has 1 heterocycles. The lowest BCUT2D eigenvalue weighted by atomic mass is 10.00. The molecule has 0 saturated carbocycles. The van der Waals surface area contributed by atoms with E-state index in [1.807, 2.05) is 0 Å². The molecule has 18 heavy (non-hydrogen) atoms. The number of nitriles is 1. The molecule has 100 valence electrons. The van der Waals surface area contributed by atoms with Crippen LogP contribution in [-0.4, -0.2) is 36.0 Å². The largest absolute Gasteiger partial charge is 0.471 e. The minimum Gasteiger partial charge on any atom is -0.460 e. The minimum absolute atomic E-state index is 0.155. The van der Waals surface area contributed by atoms with Crippen LogP contribution in [-0.2, 0) is 14.3 Å². The first-order valence-corrected chi connectivity index (χ1v) is 5.85. The molecular formula is C9H9F3N2O3S. The highest BCUT2D eigenvalue weighted by molar-refractivity contribution is 8.03. The van der Waals surface area contributed by atoms with Gasteiger partial charge in [0.25, 0.3) is 0 Å². The number of rotatable bonds is 3. The zero-order valence-electron chi connectivity index (χ0n) is 9.15. The van der Waals surface area contributed by atoms with E-state index in [0.717, 1.165) is 11.8 Å². The van der Waals surface area contributed by atoms with Crippen LogP contribution in [0.2, 0.25) is 0 Å². The summed E-state index contributed by atoms with van der Waals surface area (Å²) in [5.74, 6) is -3.56. The lowest BCUT2D eigenvalue weighted by Gasteiger charge is -2.16. The number of nitrogens with zero attached hydrogens (tertiary/aromatic N) is 1. The Kier molecular flexibility index (Phi) is 4.45. The summed E-state index contributed by atoms with van der Waals surface area (Å²) in [6.45, 7) is 1.48. The van der Waals surface area contributed by atoms with Gasteiger partial charge in [0, 0.05) is 11.7 Å². The van der Waals surface area contributed by atoms with Gasteiger partial charge in [-0.3, -0.25) is 4.79 Å². The highest BCUT2D eigenvalue weighted by Crippen LogP contribution is 2.26. The molecule has 9 heteroatoms. The molecule has 0 aromatic carbocycles. The van der Waals surface area contributed by atoms with Crippen molar-refractivity contribution in [1.82, 2.24) is 5.32 Å². The predicted octanol–water partition coefficient (Wildman–Crippen LogP) is 0.809. The third-order valence-corrected chi connectivity index (χ3v) is 3.11. The number of hydrogen-bond acceptors (Lipinski definition) is 5. The Morgan fingerprint density at radius 3 is 2.72 bits per heavy atom. The van der Waals surface area contributed by atoms with Crippen LogP contribution in [0.5, 0.6) is 0 Å². The van der Waals surface area contributed by atoms with Crippen LogP contribution in [0.4, 0.5) is 13.2 Å². The molecular weight excluding hydrogens is 273 g/mol. The van der Waals surface area contributed by atoms with E-state index in [4.69, 9.17) is 10.00 Å². The van der Waals surface area contributed by atoms with E-state index in [1.165, 1.54) is 6.92 Å². The van der Waals surface area contributed by atoms with Gasteiger partial charge in [-0.15, -0.1) is 0 Å². The van der Waals surface area contributed by atoms with E-state index in [2.05, 4.69) is 0 Å². The Hall–Kier alpha value is -1.43. The van der Waals surface area contributed by atoms with Crippen molar-refractivity contribution < 1.29 is 27.5 Å². The van der Waals surface area contributed by atoms with Crippen molar-refractivity contribution in [2.24, 2.45) is 5.92 Å². The van der Waals surface area contributed by atoms with Crippen molar-refractivity contribution in [3.63, 3.8) is 0 Å². The second-order valence-corrected chi connectivity index (χ2v) is 4.49. The van der Waals surface area contributed by atoms with Gasteiger partial charge in [-0.05, 0) is 11.8 Å². The van der Waals surface area contributed by atoms with Gasteiger partial charge in [-0.25, -0.2) is 4.79 Å². The average Bonchev–Trinajstić information content (AvgIpc) is 2.52.